The Hall–Kier alpha value is -3.41. The topological polar surface area (TPSA) is 118 Å². The molecule has 0 fully saturated rings. The van der Waals surface area contributed by atoms with Crippen molar-refractivity contribution in [3.8, 4) is 5.75 Å². The van der Waals surface area contributed by atoms with E-state index in [0.717, 1.165) is 15.2 Å². The Morgan fingerprint density at radius 1 is 1.19 bits per heavy atom. The number of amides is 1. The molecule has 0 atom stereocenters. The number of aromatic hydroxyl groups is 1. The fraction of sp³-hybridized carbons (Fsp3) is 0.316. The summed E-state index contributed by atoms with van der Waals surface area (Å²) in [7, 11) is -0.939. The minimum absolute atomic E-state index is 0.0715. The fourth-order valence-electron chi connectivity index (χ4n) is 3.59. The third-order valence-electron chi connectivity index (χ3n) is 5.36. The summed E-state index contributed by atoms with van der Waals surface area (Å²) >= 11 is 0. The summed E-state index contributed by atoms with van der Waals surface area (Å²) in [5.74, 6) is -1.55. The first-order chi connectivity index (χ1) is 14.5. The van der Waals surface area contributed by atoms with E-state index in [1.165, 1.54) is 40.8 Å². The Labute approximate surface area is 176 Å². The van der Waals surface area contributed by atoms with Gasteiger partial charge in [-0.05, 0) is 17.7 Å². The molecule has 4 rings (SSSR count). The first kappa shape index (κ1) is 20.8. The largest absolute Gasteiger partial charge is 0.505 e. The van der Waals surface area contributed by atoms with E-state index in [1.54, 1.807) is 7.05 Å². The maximum Gasteiger partial charge on any atom is 0.280 e. The minimum atomic E-state index is -3.78. The average molecular weight is 449 g/mol. The summed E-state index contributed by atoms with van der Waals surface area (Å²) in [6.45, 7) is 0.478. The van der Waals surface area contributed by atoms with Crippen molar-refractivity contribution in [1.29, 1.82) is 0 Å². The van der Waals surface area contributed by atoms with Crippen molar-refractivity contribution < 1.29 is 22.7 Å². The van der Waals surface area contributed by atoms with Crippen molar-refractivity contribution in [1.82, 2.24) is 19.2 Å². The van der Waals surface area contributed by atoms with Crippen molar-refractivity contribution in [2.75, 3.05) is 31.2 Å². The van der Waals surface area contributed by atoms with E-state index in [4.69, 9.17) is 0 Å². The molecule has 2 aromatic heterocycles. The number of rotatable bonds is 4. The molecule has 1 aliphatic rings. The van der Waals surface area contributed by atoms with Gasteiger partial charge in [-0.3, -0.25) is 13.9 Å². The zero-order valence-electron chi connectivity index (χ0n) is 17.0. The Morgan fingerprint density at radius 3 is 2.45 bits per heavy atom. The molecule has 0 bridgehead atoms. The standard InChI is InChI=1S/C19H20FN5O5S/c1-22-8-9-24-14-13(16(26)15(24)19(22)28)18(27)25(10-11-4-6-12(20)7-5-11)21-17(14)23(2)31(3,29)30/h4-7,26H,8-10H2,1-3H3. The van der Waals surface area contributed by atoms with Crippen LogP contribution in [0.25, 0.3) is 10.9 Å². The van der Waals surface area contributed by atoms with Gasteiger partial charge in [0.05, 0.1) is 12.8 Å². The number of likely N-dealkylation sites (N-methyl/N-ethyl adjacent to an activating group) is 1. The summed E-state index contributed by atoms with van der Waals surface area (Å²) < 4.78 is 41.1. The molecule has 0 unspecified atom stereocenters. The van der Waals surface area contributed by atoms with E-state index in [-0.39, 0.29) is 35.5 Å². The SMILES string of the molecule is CN1CCn2c(c(O)c3c(=O)n(Cc4ccc(F)cc4)nc(N(C)S(C)(=O)=O)c32)C1=O. The first-order valence-electron chi connectivity index (χ1n) is 9.30. The van der Waals surface area contributed by atoms with Crippen LogP contribution >= 0.6 is 0 Å². The molecule has 0 saturated heterocycles. The van der Waals surface area contributed by atoms with Gasteiger partial charge in [0.1, 0.15) is 16.7 Å². The Balaban J connectivity index is 2.05. The van der Waals surface area contributed by atoms with Crippen LogP contribution in [-0.2, 0) is 23.1 Å². The molecule has 1 aromatic carbocycles. The van der Waals surface area contributed by atoms with Crippen molar-refractivity contribution in [3.63, 3.8) is 0 Å². The number of benzene rings is 1. The van der Waals surface area contributed by atoms with Gasteiger partial charge in [-0.2, -0.15) is 0 Å². The van der Waals surface area contributed by atoms with Gasteiger partial charge in [0, 0.05) is 27.2 Å². The highest BCUT2D eigenvalue weighted by molar-refractivity contribution is 7.92. The summed E-state index contributed by atoms with van der Waals surface area (Å²) in [5.41, 5.74) is -0.171. The highest BCUT2D eigenvalue weighted by Gasteiger charge is 2.34. The summed E-state index contributed by atoms with van der Waals surface area (Å²) in [4.78, 5) is 27.3. The van der Waals surface area contributed by atoms with Crippen LogP contribution in [0.4, 0.5) is 10.2 Å². The molecule has 0 spiro atoms. The molecule has 12 heteroatoms. The summed E-state index contributed by atoms with van der Waals surface area (Å²) in [5, 5.41) is 14.9. The minimum Gasteiger partial charge on any atom is -0.505 e. The Morgan fingerprint density at radius 2 is 1.84 bits per heavy atom. The van der Waals surface area contributed by atoms with E-state index in [1.807, 2.05) is 0 Å². The zero-order chi connectivity index (χ0) is 22.7. The summed E-state index contributed by atoms with van der Waals surface area (Å²) in [6.07, 6.45) is 0.981. The lowest BCUT2D eigenvalue weighted by Crippen LogP contribution is -2.37. The molecule has 0 aliphatic carbocycles. The van der Waals surface area contributed by atoms with E-state index >= 15 is 0 Å². The maximum atomic E-state index is 13.2. The lowest BCUT2D eigenvalue weighted by Gasteiger charge is -2.26. The van der Waals surface area contributed by atoms with Crippen LogP contribution in [0, 0.1) is 5.82 Å². The smallest absolute Gasteiger partial charge is 0.280 e. The molecular weight excluding hydrogens is 429 g/mol. The highest BCUT2D eigenvalue weighted by Crippen LogP contribution is 2.37. The van der Waals surface area contributed by atoms with E-state index in [0.29, 0.717) is 12.1 Å². The molecule has 1 aliphatic heterocycles. The van der Waals surface area contributed by atoms with Gasteiger partial charge in [-0.15, -0.1) is 5.10 Å². The van der Waals surface area contributed by atoms with E-state index < -0.39 is 33.1 Å². The van der Waals surface area contributed by atoms with Gasteiger partial charge in [0.15, 0.2) is 17.3 Å². The van der Waals surface area contributed by atoms with Crippen LogP contribution in [0.2, 0.25) is 0 Å². The molecule has 3 aromatic rings. The van der Waals surface area contributed by atoms with Gasteiger partial charge >= 0.3 is 0 Å². The predicted octanol–water partition coefficient (Wildman–Crippen LogP) is 0.572. The number of carbonyl (C=O) groups excluding carboxylic acids is 1. The number of halogens is 1. The van der Waals surface area contributed by atoms with Crippen molar-refractivity contribution in [2.45, 2.75) is 13.1 Å². The van der Waals surface area contributed by atoms with E-state index in [2.05, 4.69) is 5.10 Å². The second-order valence-electron chi connectivity index (χ2n) is 7.44. The van der Waals surface area contributed by atoms with Gasteiger partial charge < -0.3 is 14.6 Å². The molecular formula is C19H20FN5O5S. The first-order valence-corrected chi connectivity index (χ1v) is 11.2. The molecule has 10 nitrogen and oxygen atoms in total. The third kappa shape index (κ3) is 3.32. The number of anilines is 1. The quantitative estimate of drug-likeness (QED) is 0.622. The van der Waals surface area contributed by atoms with Crippen LogP contribution in [-0.4, -0.2) is 65.6 Å². The number of sulfonamides is 1. The van der Waals surface area contributed by atoms with Crippen LogP contribution in [0.5, 0.6) is 5.75 Å². The van der Waals surface area contributed by atoms with Crippen molar-refractivity contribution in [2.24, 2.45) is 0 Å². The number of fused-ring (bicyclic) bond motifs is 3. The number of hydrogen-bond acceptors (Lipinski definition) is 6. The third-order valence-corrected chi connectivity index (χ3v) is 6.53. The van der Waals surface area contributed by atoms with E-state index in [9.17, 15) is 27.5 Å². The molecule has 0 radical (unpaired) electrons. The van der Waals surface area contributed by atoms with Crippen molar-refractivity contribution >= 4 is 32.7 Å². The number of aromatic nitrogens is 3. The van der Waals surface area contributed by atoms with Gasteiger partial charge in [0.25, 0.3) is 11.5 Å². The lowest BCUT2D eigenvalue weighted by molar-refractivity contribution is 0.0747. The van der Waals surface area contributed by atoms with Crippen LogP contribution in [0.1, 0.15) is 16.1 Å². The highest BCUT2D eigenvalue weighted by atomic mass is 32.2. The average Bonchev–Trinajstić information content (AvgIpc) is 3.01. The molecule has 31 heavy (non-hydrogen) atoms. The molecule has 164 valence electrons. The predicted molar refractivity (Wildman–Crippen MR) is 111 cm³/mol. The van der Waals surface area contributed by atoms with Crippen molar-refractivity contribution in [3.05, 3.63) is 51.7 Å². The maximum absolute atomic E-state index is 13.2. The van der Waals surface area contributed by atoms with Crippen LogP contribution < -0.4 is 9.86 Å². The molecule has 3 heterocycles. The Bertz CT molecular complexity index is 1380. The fourth-order valence-corrected chi connectivity index (χ4v) is 4.03. The van der Waals surface area contributed by atoms with Crippen LogP contribution in [0.3, 0.4) is 0 Å². The monoisotopic (exact) mass is 449 g/mol. The molecule has 0 saturated carbocycles. The van der Waals surface area contributed by atoms with Gasteiger partial charge in [-0.1, -0.05) is 12.1 Å². The van der Waals surface area contributed by atoms with Crippen LogP contribution in [0.15, 0.2) is 29.1 Å². The number of hydrogen-bond donors (Lipinski definition) is 1. The second kappa shape index (κ2) is 7.08. The lowest BCUT2D eigenvalue weighted by atomic mass is 10.2. The number of nitrogens with zero attached hydrogens (tertiary/aromatic N) is 5. The van der Waals surface area contributed by atoms with Gasteiger partial charge in [0.2, 0.25) is 10.0 Å². The van der Waals surface area contributed by atoms with Gasteiger partial charge in [-0.25, -0.2) is 17.5 Å². The zero-order valence-corrected chi connectivity index (χ0v) is 17.8. The molecule has 1 amide bonds. The number of carbonyl (C=O) groups is 1. The normalized spacial score (nSPS) is 14.2. The second-order valence-corrected chi connectivity index (χ2v) is 9.46. The Kier molecular flexibility index (Phi) is 4.76. The molecule has 1 N–H and O–H groups in total. The summed E-state index contributed by atoms with van der Waals surface area (Å²) in [6, 6.07) is 5.39.